The van der Waals surface area contributed by atoms with Crippen LogP contribution in [-0.4, -0.2) is 25.7 Å². The quantitative estimate of drug-likeness (QED) is 0.857. The first kappa shape index (κ1) is 16.6. The largest absolute Gasteiger partial charge is 0.490 e. The Hall–Kier alpha value is -2.21. The minimum absolute atomic E-state index is 0.0733. The van der Waals surface area contributed by atoms with Crippen LogP contribution >= 0.6 is 15.9 Å². The van der Waals surface area contributed by atoms with Crippen LogP contribution in [0.4, 0.5) is 5.69 Å². The van der Waals surface area contributed by atoms with E-state index < -0.39 is 0 Å². The molecule has 1 amide bonds. The highest BCUT2D eigenvalue weighted by Crippen LogP contribution is 2.32. The molecule has 6 heteroatoms. The van der Waals surface area contributed by atoms with Crippen molar-refractivity contribution in [3.05, 3.63) is 46.4 Å². The molecule has 0 atom stereocenters. The second-order valence-corrected chi connectivity index (χ2v) is 6.34. The van der Waals surface area contributed by atoms with Crippen LogP contribution in [-0.2, 0) is 4.79 Å². The number of rotatable bonds is 4. The number of ether oxygens (including phenoxy) is 3. The van der Waals surface area contributed by atoms with E-state index in [0.29, 0.717) is 36.1 Å². The Kier molecular flexibility index (Phi) is 5.25. The van der Waals surface area contributed by atoms with Gasteiger partial charge in [0, 0.05) is 18.2 Å². The second kappa shape index (κ2) is 7.57. The van der Waals surface area contributed by atoms with Gasteiger partial charge in [0.15, 0.2) is 18.1 Å². The molecule has 0 bridgehead atoms. The van der Waals surface area contributed by atoms with Crippen LogP contribution < -0.4 is 19.5 Å². The maximum absolute atomic E-state index is 12.1. The van der Waals surface area contributed by atoms with Crippen molar-refractivity contribution in [2.45, 2.75) is 13.3 Å². The van der Waals surface area contributed by atoms with E-state index in [2.05, 4.69) is 21.2 Å². The second-order valence-electron chi connectivity index (χ2n) is 5.48. The topological polar surface area (TPSA) is 56.8 Å². The summed E-state index contributed by atoms with van der Waals surface area (Å²) in [5.41, 5.74) is 1.77. The highest BCUT2D eigenvalue weighted by Gasteiger charge is 2.12. The molecule has 0 aliphatic carbocycles. The molecule has 5 nitrogen and oxygen atoms in total. The van der Waals surface area contributed by atoms with Gasteiger partial charge in [-0.15, -0.1) is 0 Å². The van der Waals surface area contributed by atoms with Crippen molar-refractivity contribution in [1.82, 2.24) is 0 Å². The van der Waals surface area contributed by atoms with Crippen LogP contribution in [0.15, 0.2) is 40.9 Å². The number of hydrogen-bond donors (Lipinski definition) is 1. The average Bonchev–Trinajstić information content (AvgIpc) is 2.79. The number of nitrogens with one attached hydrogen (secondary N) is 1. The van der Waals surface area contributed by atoms with Crippen molar-refractivity contribution >= 4 is 27.5 Å². The van der Waals surface area contributed by atoms with Crippen LogP contribution in [0.2, 0.25) is 0 Å². The summed E-state index contributed by atoms with van der Waals surface area (Å²) in [6, 6.07) is 11.1. The first-order valence-corrected chi connectivity index (χ1v) is 8.49. The lowest BCUT2D eigenvalue weighted by Gasteiger charge is -2.11. The van der Waals surface area contributed by atoms with Crippen LogP contribution in [0, 0.1) is 6.92 Å². The molecule has 0 saturated carbocycles. The lowest BCUT2D eigenvalue weighted by molar-refractivity contribution is -0.118. The van der Waals surface area contributed by atoms with Crippen molar-refractivity contribution in [3.8, 4) is 17.2 Å². The zero-order valence-corrected chi connectivity index (χ0v) is 14.9. The number of carbonyl (C=O) groups is 1. The number of fused-ring (bicyclic) bond motifs is 1. The normalized spacial score (nSPS) is 13.1. The number of anilines is 1. The van der Waals surface area contributed by atoms with Gasteiger partial charge < -0.3 is 19.5 Å². The summed E-state index contributed by atoms with van der Waals surface area (Å²) in [5.74, 6) is 1.74. The minimum Gasteiger partial charge on any atom is -0.490 e. The molecule has 0 radical (unpaired) electrons. The molecule has 1 N–H and O–H groups in total. The molecule has 1 aliphatic heterocycles. The third kappa shape index (κ3) is 4.20. The van der Waals surface area contributed by atoms with E-state index in [1.165, 1.54) is 0 Å². The summed E-state index contributed by atoms with van der Waals surface area (Å²) in [4.78, 5) is 12.1. The number of benzene rings is 2. The summed E-state index contributed by atoms with van der Waals surface area (Å²) >= 11 is 3.43. The molecule has 126 valence electrons. The van der Waals surface area contributed by atoms with E-state index >= 15 is 0 Å². The van der Waals surface area contributed by atoms with Crippen LogP contribution in [0.1, 0.15) is 12.0 Å². The molecular formula is C18H18BrNO4. The van der Waals surface area contributed by atoms with Gasteiger partial charge in [0.1, 0.15) is 5.75 Å². The first-order chi connectivity index (χ1) is 11.6. The summed E-state index contributed by atoms with van der Waals surface area (Å²) < 4.78 is 17.6. The van der Waals surface area contributed by atoms with Gasteiger partial charge in [-0.3, -0.25) is 4.79 Å². The number of amides is 1. The van der Waals surface area contributed by atoms with Gasteiger partial charge in [-0.05, 0) is 52.7 Å². The van der Waals surface area contributed by atoms with Gasteiger partial charge in [-0.25, -0.2) is 0 Å². The van der Waals surface area contributed by atoms with Gasteiger partial charge in [0.2, 0.25) is 0 Å². The average molecular weight is 392 g/mol. The Morgan fingerprint density at radius 2 is 1.96 bits per heavy atom. The molecule has 0 aromatic heterocycles. The number of aryl methyl sites for hydroxylation is 1. The van der Waals surface area contributed by atoms with E-state index in [0.717, 1.165) is 16.5 Å². The summed E-state index contributed by atoms with van der Waals surface area (Å²) in [7, 11) is 0. The zero-order valence-electron chi connectivity index (χ0n) is 13.3. The first-order valence-electron chi connectivity index (χ1n) is 7.70. The molecule has 2 aromatic carbocycles. The third-order valence-corrected chi connectivity index (χ3v) is 4.10. The van der Waals surface area contributed by atoms with Crippen LogP contribution in [0.3, 0.4) is 0 Å². The lowest BCUT2D eigenvalue weighted by Crippen LogP contribution is -2.20. The maximum Gasteiger partial charge on any atom is 0.262 e. The zero-order chi connectivity index (χ0) is 16.9. The van der Waals surface area contributed by atoms with Gasteiger partial charge in [0.05, 0.1) is 17.7 Å². The molecule has 0 saturated heterocycles. The van der Waals surface area contributed by atoms with Crippen LogP contribution in [0.25, 0.3) is 0 Å². The predicted octanol–water partition coefficient (Wildman–Crippen LogP) is 3.94. The van der Waals surface area contributed by atoms with Gasteiger partial charge in [-0.2, -0.15) is 0 Å². The highest BCUT2D eigenvalue weighted by atomic mass is 79.9. The third-order valence-electron chi connectivity index (χ3n) is 3.48. The van der Waals surface area contributed by atoms with E-state index in [1.807, 2.05) is 25.1 Å². The van der Waals surface area contributed by atoms with E-state index in [9.17, 15) is 4.79 Å². The standard InChI is InChI=1S/C18H18BrNO4/c1-12-3-5-15(14(19)9-12)24-11-18(21)20-13-4-6-16-17(10-13)23-8-2-7-22-16/h3-6,9-10H,2,7-8,11H2,1H3,(H,20,21). The molecule has 0 unspecified atom stereocenters. The molecule has 3 rings (SSSR count). The molecule has 24 heavy (non-hydrogen) atoms. The SMILES string of the molecule is Cc1ccc(OCC(=O)Nc2ccc3c(c2)OCCCO3)c(Br)c1. The molecule has 1 heterocycles. The van der Waals surface area contributed by atoms with Gasteiger partial charge in [0.25, 0.3) is 5.91 Å². The Labute approximate surface area is 149 Å². The fourth-order valence-electron chi connectivity index (χ4n) is 2.30. The fraction of sp³-hybridized carbons (Fsp3) is 0.278. The molecular weight excluding hydrogens is 374 g/mol. The van der Waals surface area contributed by atoms with Crippen LogP contribution in [0.5, 0.6) is 17.2 Å². The van der Waals surface area contributed by atoms with Crippen molar-refractivity contribution in [3.63, 3.8) is 0 Å². The van der Waals surface area contributed by atoms with E-state index in [-0.39, 0.29) is 12.5 Å². The van der Waals surface area contributed by atoms with Crippen molar-refractivity contribution in [1.29, 1.82) is 0 Å². The summed E-state index contributed by atoms with van der Waals surface area (Å²) in [6.07, 6.45) is 0.843. The van der Waals surface area contributed by atoms with Crippen molar-refractivity contribution < 1.29 is 19.0 Å². The molecule has 0 fully saturated rings. The van der Waals surface area contributed by atoms with E-state index in [4.69, 9.17) is 14.2 Å². The minimum atomic E-state index is -0.239. The number of carbonyl (C=O) groups excluding carboxylic acids is 1. The molecule has 0 spiro atoms. The summed E-state index contributed by atoms with van der Waals surface area (Å²) in [5, 5.41) is 2.80. The summed E-state index contributed by atoms with van der Waals surface area (Å²) in [6.45, 7) is 3.16. The maximum atomic E-state index is 12.1. The molecule has 2 aromatic rings. The van der Waals surface area contributed by atoms with Crippen molar-refractivity contribution in [2.24, 2.45) is 0 Å². The van der Waals surface area contributed by atoms with Crippen molar-refractivity contribution in [2.75, 3.05) is 25.1 Å². The van der Waals surface area contributed by atoms with Gasteiger partial charge in [-0.1, -0.05) is 6.07 Å². The Morgan fingerprint density at radius 1 is 1.17 bits per heavy atom. The number of hydrogen-bond acceptors (Lipinski definition) is 4. The Bertz CT molecular complexity index is 748. The monoisotopic (exact) mass is 391 g/mol. The van der Waals surface area contributed by atoms with Gasteiger partial charge >= 0.3 is 0 Å². The molecule has 1 aliphatic rings. The van der Waals surface area contributed by atoms with E-state index in [1.54, 1.807) is 18.2 Å². The Balaban J connectivity index is 1.59. The Morgan fingerprint density at radius 3 is 2.75 bits per heavy atom. The fourth-order valence-corrected chi connectivity index (χ4v) is 2.91. The number of halogens is 1. The smallest absolute Gasteiger partial charge is 0.262 e. The predicted molar refractivity (Wildman–Crippen MR) is 95.1 cm³/mol. The highest BCUT2D eigenvalue weighted by molar-refractivity contribution is 9.10. The lowest BCUT2D eigenvalue weighted by atomic mass is 10.2.